The van der Waals surface area contributed by atoms with Gasteiger partial charge >= 0.3 is 6.09 Å². The molecule has 5 heteroatoms. The molecule has 0 saturated carbocycles. The molecule has 1 rings (SSSR count). The third-order valence-electron chi connectivity index (χ3n) is 2.18. The Kier molecular flexibility index (Phi) is 4.27. The van der Waals surface area contributed by atoms with E-state index in [4.69, 9.17) is 4.74 Å². The fourth-order valence-corrected chi connectivity index (χ4v) is 1.35. The quantitative estimate of drug-likeness (QED) is 0.879. The first-order valence-corrected chi connectivity index (χ1v) is 5.63. The number of hydrogen-bond donors (Lipinski definition) is 1. The van der Waals surface area contributed by atoms with Crippen LogP contribution in [0.15, 0.2) is 18.2 Å². The zero-order valence-electron chi connectivity index (χ0n) is 10.9. The second-order valence-corrected chi connectivity index (χ2v) is 5.04. The van der Waals surface area contributed by atoms with Gasteiger partial charge in [0.2, 0.25) is 0 Å². The molecule has 0 aromatic heterocycles. The average Bonchev–Trinajstić information content (AvgIpc) is 2.18. The number of carbonyl (C=O) groups is 1. The first-order chi connectivity index (χ1) is 8.19. The second-order valence-electron chi connectivity index (χ2n) is 5.04. The van der Waals surface area contributed by atoms with Crippen LogP contribution in [0.1, 0.15) is 39.3 Å². The van der Waals surface area contributed by atoms with Crippen LogP contribution in [0.5, 0.6) is 0 Å². The van der Waals surface area contributed by atoms with Gasteiger partial charge in [-0.1, -0.05) is 6.07 Å². The van der Waals surface area contributed by atoms with Gasteiger partial charge in [0.05, 0.1) is 6.04 Å². The lowest BCUT2D eigenvalue weighted by atomic mass is 10.1. The molecule has 1 aromatic carbocycles. The molecule has 0 bridgehead atoms. The second kappa shape index (κ2) is 5.33. The smallest absolute Gasteiger partial charge is 0.408 e. The Balaban J connectivity index is 2.68. The molecule has 0 fully saturated rings. The number of halogens is 2. The van der Waals surface area contributed by atoms with Crippen molar-refractivity contribution in [2.24, 2.45) is 0 Å². The highest BCUT2D eigenvalue weighted by Crippen LogP contribution is 2.16. The van der Waals surface area contributed by atoms with Crippen molar-refractivity contribution in [2.75, 3.05) is 0 Å². The average molecular weight is 257 g/mol. The highest BCUT2D eigenvalue weighted by atomic mass is 19.2. The molecular weight excluding hydrogens is 240 g/mol. The first-order valence-electron chi connectivity index (χ1n) is 5.63. The van der Waals surface area contributed by atoms with Crippen molar-refractivity contribution < 1.29 is 18.3 Å². The summed E-state index contributed by atoms with van der Waals surface area (Å²) in [6, 6.07) is 3.03. The van der Waals surface area contributed by atoms with Crippen LogP contribution in [0.2, 0.25) is 0 Å². The number of rotatable bonds is 2. The van der Waals surface area contributed by atoms with Crippen LogP contribution in [0.4, 0.5) is 13.6 Å². The van der Waals surface area contributed by atoms with E-state index >= 15 is 0 Å². The SMILES string of the molecule is CC(NC(=O)OC(C)(C)C)c1ccc(F)c(F)c1. The molecule has 0 radical (unpaired) electrons. The summed E-state index contributed by atoms with van der Waals surface area (Å²) in [4.78, 5) is 11.5. The van der Waals surface area contributed by atoms with E-state index in [-0.39, 0.29) is 0 Å². The molecule has 0 aliphatic heterocycles. The van der Waals surface area contributed by atoms with E-state index in [9.17, 15) is 13.6 Å². The van der Waals surface area contributed by atoms with Gasteiger partial charge in [0.25, 0.3) is 0 Å². The summed E-state index contributed by atoms with van der Waals surface area (Å²) in [5.74, 6) is -1.85. The summed E-state index contributed by atoms with van der Waals surface area (Å²) in [5, 5.41) is 2.55. The molecule has 1 unspecified atom stereocenters. The molecule has 1 atom stereocenters. The maximum atomic E-state index is 13.0. The maximum absolute atomic E-state index is 13.0. The summed E-state index contributed by atoms with van der Waals surface area (Å²) in [6.07, 6.45) is -0.597. The zero-order valence-corrected chi connectivity index (χ0v) is 10.9. The van der Waals surface area contributed by atoms with Gasteiger partial charge in [-0.3, -0.25) is 0 Å². The predicted octanol–water partition coefficient (Wildman–Crippen LogP) is 3.55. The minimum atomic E-state index is -0.940. The topological polar surface area (TPSA) is 38.3 Å². The van der Waals surface area contributed by atoms with Crippen molar-refractivity contribution in [3.8, 4) is 0 Å². The highest BCUT2D eigenvalue weighted by Gasteiger charge is 2.18. The third-order valence-corrected chi connectivity index (χ3v) is 2.18. The van der Waals surface area contributed by atoms with Crippen LogP contribution in [-0.4, -0.2) is 11.7 Å². The Labute approximate surface area is 105 Å². The number of hydrogen-bond acceptors (Lipinski definition) is 2. The molecule has 3 nitrogen and oxygen atoms in total. The lowest BCUT2D eigenvalue weighted by molar-refractivity contribution is 0.0508. The zero-order chi connectivity index (χ0) is 13.9. The van der Waals surface area contributed by atoms with E-state index in [2.05, 4.69) is 5.32 Å². The van der Waals surface area contributed by atoms with E-state index in [1.165, 1.54) is 6.07 Å². The van der Waals surface area contributed by atoms with Crippen LogP contribution in [0, 0.1) is 11.6 Å². The van der Waals surface area contributed by atoms with Crippen molar-refractivity contribution in [3.05, 3.63) is 35.4 Å². The van der Waals surface area contributed by atoms with Gasteiger partial charge in [-0.05, 0) is 45.4 Å². The van der Waals surface area contributed by atoms with Gasteiger partial charge in [-0.25, -0.2) is 13.6 Å². The van der Waals surface area contributed by atoms with E-state index < -0.39 is 29.4 Å². The number of alkyl carbamates (subject to hydrolysis) is 1. The van der Waals surface area contributed by atoms with Crippen molar-refractivity contribution in [1.82, 2.24) is 5.32 Å². The van der Waals surface area contributed by atoms with E-state index in [1.54, 1.807) is 27.7 Å². The summed E-state index contributed by atoms with van der Waals surface area (Å²) in [7, 11) is 0. The Hall–Kier alpha value is -1.65. The van der Waals surface area contributed by atoms with Crippen LogP contribution in [0.25, 0.3) is 0 Å². The van der Waals surface area contributed by atoms with Gasteiger partial charge in [0.15, 0.2) is 11.6 Å². The van der Waals surface area contributed by atoms with Crippen LogP contribution in [0.3, 0.4) is 0 Å². The summed E-state index contributed by atoms with van der Waals surface area (Å²) >= 11 is 0. The maximum Gasteiger partial charge on any atom is 0.408 e. The molecule has 1 amide bonds. The Morgan fingerprint density at radius 2 is 1.89 bits per heavy atom. The first kappa shape index (κ1) is 14.4. The number of nitrogens with one attached hydrogen (secondary N) is 1. The molecule has 0 aliphatic rings. The molecule has 1 N–H and O–H groups in total. The molecule has 18 heavy (non-hydrogen) atoms. The van der Waals surface area contributed by atoms with Crippen LogP contribution >= 0.6 is 0 Å². The molecule has 0 spiro atoms. The fraction of sp³-hybridized carbons (Fsp3) is 0.462. The van der Waals surface area contributed by atoms with Gasteiger partial charge in [-0.2, -0.15) is 0 Å². The number of benzene rings is 1. The molecule has 0 aliphatic carbocycles. The Morgan fingerprint density at radius 1 is 1.28 bits per heavy atom. The monoisotopic (exact) mass is 257 g/mol. The largest absolute Gasteiger partial charge is 0.444 e. The van der Waals surface area contributed by atoms with E-state index in [0.717, 1.165) is 12.1 Å². The number of ether oxygens (including phenoxy) is 1. The summed E-state index contributed by atoms with van der Waals surface area (Å²) in [5.41, 5.74) is -0.127. The highest BCUT2D eigenvalue weighted by molar-refractivity contribution is 5.68. The van der Waals surface area contributed by atoms with E-state index in [0.29, 0.717) is 5.56 Å². The summed E-state index contributed by atoms with van der Waals surface area (Å²) < 4.78 is 30.9. The fourth-order valence-electron chi connectivity index (χ4n) is 1.35. The van der Waals surface area contributed by atoms with Gasteiger partial charge in [0, 0.05) is 0 Å². The van der Waals surface area contributed by atoms with Crippen LogP contribution in [-0.2, 0) is 4.74 Å². The minimum Gasteiger partial charge on any atom is -0.444 e. The van der Waals surface area contributed by atoms with Crippen LogP contribution < -0.4 is 5.32 Å². The minimum absolute atomic E-state index is 0.463. The molecule has 1 aromatic rings. The normalized spacial score (nSPS) is 13.0. The van der Waals surface area contributed by atoms with E-state index in [1.807, 2.05) is 0 Å². The third kappa shape index (κ3) is 4.31. The van der Waals surface area contributed by atoms with Crippen molar-refractivity contribution in [1.29, 1.82) is 0 Å². The number of amides is 1. The molecular formula is C13H17F2NO2. The number of carbonyl (C=O) groups excluding carboxylic acids is 1. The molecule has 100 valence electrons. The van der Waals surface area contributed by atoms with Crippen molar-refractivity contribution in [3.63, 3.8) is 0 Å². The lowest BCUT2D eigenvalue weighted by Crippen LogP contribution is -2.34. The Bertz CT molecular complexity index is 441. The van der Waals surface area contributed by atoms with Crippen molar-refractivity contribution >= 4 is 6.09 Å². The van der Waals surface area contributed by atoms with Gasteiger partial charge in [0.1, 0.15) is 5.60 Å². The predicted molar refractivity (Wildman–Crippen MR) is 64.1 cm³/mol. The molecule has 0 heterocycles. The Morgan fingerprint density at radius 3 is 2.39 bits per heavy atom. The standard InChI is InChI=1S/C13H17F2NO2/c1-8(16-12(17)18-13(2,3)4)9-5-6-10(14)11(15)7-9/h5-8H,1-4H3,(H,16,17). The van der Waals surface area contributed by atoms with Gasteiger partial charge < -0.3 is 10.1 Å². The summed E-state index contributed by atoms with van der Waals surface area (Å²) in [6.45, 7) is 6.90. The lowest BCUT2D eigenvalue weighted by Gasteiger charge is -2.22. The molecule has 0 saturated heterocycles. The van der Waals surface area contributed by atoms with Crippen molar-refractivity contribution in [2.45, 2.75) is 39.3 Å². The van der Waals surface area contributed by atoms with Gasteiger partial charge in [-0.15, -0.1) is 0 Å².